The van der Waals surface area contributed by atoms with Gasteiger partial charge in [0.2, 0.25) is 5.88 Å². The van der Waals surface area contributed by atoms with Crippen LogP contribution in [0.3, 0.4) is 0 Å². The first kappa shape index (κ1) is 14.1. The number of benzene rings is 1. The fourth-order valence-corrected chi connectivity index (χ4v) is 1.98. The highest BCUT2D eigenvalue weighted by atomic mass is 79.9. The summed E-state index contributed by atoms with van der Waals surface area (Å²) < 4.78 is 5.96. The maximum atomic E-state index is 11.3. The van der Waals surface area contributed by atoms with E-state index >= 15 is 0 Å². The SMILES string of the molecule is CC(=O)c1ccnc(Oc2cc(Br)cc([N+](=O)[O-])c2)c1. The monoisotopic (exact) mass is 336 g/mol. The van der Waals surface area contributed by atoms with Crippen molar-refractivity contribution in [3.63, 3.8) is 0 Å². The third kappa shape index (κ3) is 3.39. The molecule has 0 radical (unpaired) electrons. The van der Waals surface area contributed by atoms with E-state index in [1.165, 1.54) is 31.3 Å². The van der Waals surface area contributed by atoms with Crippen LogP contribution in [0, 0.1) is 10.1 Å². The van der Waals surface area contributed by atoms with Crippen molar-refractivity contribution in [3.05, 3.63) is 56.7 Å². The van der Waals surface area contributed by atoms with Crippen LogP contribution in [0.4, 0.5) is 5.69 Å². The number of nitro groups is 1. The predicted molar refractivity (Wildman–Crippen MR) is 75.1 cm³/mol. The summed E-state index contributed by atoms with van der Waals surface area (Å²) in [7, 11) is 0. The summed E-state index contributed by atoms with van der Waals surface area (Å²) in [5.41, 5.74) is 0.358. The van der Waals surface area contributed by atoms with Crippen LogP contribution in [0.2, 0.25) is 0 Å². The summed E-state index contributed by atoms with van der Waals surface area (Å²) >= 11 is 3.17. The first-order valence-electron chi connectivity index (χ1n) is 5.55. The number of nitrogens with zero attached hydrogens (tertiary/aromatic N) is 2. The Hall–Kier alpha value is -2.28. The van der Waals surface area contributed by atoms with Crippen LogP contribution < -0.4 is 4.74 Å². The van der Waals surface area contributed by atoms with E-state index in [4.69, 9.17) is 4.74 Å². The van der Waals surface area contributed by atoms with Crippen LogP contribution in [-0.2, 0) is 0 Å². The number of Topliss-reactive ketones (excluding diaryl/α,β-unsaturated/α-hetero) is 1. The number of rotatable bonds is 4. The van der Waals surface area contributed by atoms with Gasteiger partial charge in [-0.25, -0.2) is 4.98 Å². The van der Waals surface area contributed by atoms with Gasteiger partial charge in [-0.05, 0) is 19.1 Å². The molecule has 2 aromatic rings. The highest BCUT2D eigenvalue weighted by molar-refractivity contribution is 9.10. The third-order valence-electron chi connectivity index (χ3n) is 2.43. The molecule has 0 fully saturated rings. The summed E-state index contributed by atoms with van der Waals surface area (Å²) in [5.74, 6) is 0.349. The predicted octanol–water partition coefficient (Wildman–Crippen LogP) is 3.75. The van der Waals surface area contributed by atoms with Crippen LogP contribution in [0.25, 0.3) is 0 Å². The number of non-ortho nitro benzene ring substituents is 1. The van der Waals surface area contributed by atoms with E-state index in [2.05, 4.69) is 20.9 Å². The average molecular weight is 337 g/mol. The lowest BCUT2D eigenvalue weighted by Crippen LogP contribution is -1.95. The molecule has 1 aromatic heterocycles. The van der Waals surface area contributed by atoms with Crippen LogP contribution in [0.5, 0.6) is 11.6 Å². The van der Waals surface area contributed by atoms with E-state index in [0.29, 0.717) is 10.0 Å². The standard InChI is InChI=1S/C13H9BrN2O4/c1-8(17)9-2-3-15-13(4-9)20-12-6-10(14)5-11(7-12)16(18)19/h2-7H,1H3. The van der Waals surface area contributed by atoms with Gasteiger partial charge >= 0.3 is 0 Å². The minimum Gasteiger partial charge on any atom is -0.439 e. The third-order valence-corrected chi connectivity index (χ3v) is 2.89. The highest BCUT2D eigenvalue weighted by Crippen LogP contribution is 2.29. The normalized spacial score (nSPS) is 10.1. The summed E-state index contributed by atoms with van der Waals surface area (Å²) in [4.78, 5) is 25.5. The maximum Gasteiger partial charge on any atom is 0.274 e. The van der Waals surface area contributed by atoms with Crippen molar-refractivity contribution in [2.24, 2.45) is 0 Å². The molecule has 20 heavy (non-hydrogen) atoms. The molecule has 2 rings (SSSR count). The molecule has 0 saturated carbocycles. The number of ketones is 1. The Morgan fingerprint density at radius 1 is 1.35 bits per heavy atom. The Balaban J connectivity index is 2.32. The van der Waals surface area contributed by atoms with Crippen molar-refractivity contribution in [2.75, 3.05) is 0 Å². The smallest absolute Gasteiger partial charge is 0.274 e. The lowest BCUT2D eigenvalue weighted by molar-refractivity contribution is -0.385. The Labute approximate surface area is 122 Å². The molecule has 0 spiro atoms. The van der Waals surface area contributed by atoms with Gasteiger partial charge in [-0.2, -0.15) is 0 Å². The Kier molecular flexibility index (Phi) is 4.09. The van der Waals surface area contributed by atoms with Crippen LogP contribution >= 0.6 is 15.9 Å². The number of nitro benzene ring substituents is 1. The molecule has 6 nitrogen and oxygen atoms in total. The molecule has 0 N–H and O–H groups in total. The molecule has 0 amide bonds. The lowest BCUT2D eigenvalue weighted by atomic mass is 10.2. The van der Waals surface area contributed by atoms with E-state index in [1.54, 1.807) is 12.1 Å². The zero-order chi connectivity index (χ0) is 14.7. The number of aromatic nitrogens is 1. The molecule has 0 bridgehead atoms. The quantitative estimate of drug-likeness (QED) is 0.482. The summed E-state index contributed by atoms with van der Waals surface area (Å²) in [6, 6.07) is 7.28. The molecular weight excluding hydrogens is 328 g/mol. The van der Waals surface area contributed by atoms with Crippen LogP contribution in [-0.4, -0.2) is 15.7 Å². The Bertz CT molecular complexity index is 688. The van der Waals surface area contributed by atoms with Crippen molar-refractivity contribution in [1.29, 1.82) is 0 Å². The van der Waals surface area contributed by atoms with Gasteiger partial charge in [-0.1, -0.05) is 15.9 Å². The molecule has 1 aromatic carbocycles. The zero-order valence-electron chi connectivity index (χ0n) is 10.4. The topological polar surface area (TPSA) is 82.3 Å². The van der Waals surface area contributed by atoms with Gasteiger partial charge in [0.15, 0.2) is 5.78 Å². The molecule has 102 valence electrons. The first-order valence-corrected chi connectivity index (χ1v) is 6.35. The maximum absolute atomic E-state index is 11.3. The van der Waals surface area contributed by atoms with Gasteiger partial charge in [0.05, 0.1) is 11.0 Å². The summed E-state index contributed by atoms with van der Waals surface area (Å²) in [5, 5.41) is 10.8. The molecule has 0 saturated heterocycles. The molecule has 0 aliphatic rings. The summed E-state index contributed by atoms with van der Waals surface area (Å²) in [6.07, 6.45) is 1.44. The van der Waals surface area contributed by atoms with Gasteiger partial charge in [-0.15, -0.1) is 0 Å². The van der Waals surface area contributed by atoms with Crippen molar-refractivity contribution >= 4 is 27.4 Å². The Morgan fingerprint density at radius 3 is 2.75 bits per heavy atom. The fourth-order valence-electron chi connectivity index (χ4n) is 1.52. The molecule has 1 heterocycles. The number of hydrogen-bond acceptors (Lipinski definition) is 5. The van der Waals surface area contributed by atoms with E-state index in [0.717, 1.165) is 0 Å². The van der Waals surface area contributed by atoms with Crippen LogP contribution in [0.1, 0.15) is 17.3 Å². The largest absolute Gasteiger partial charge is 0.439 e. The highest BCUT2D eigenvalue weighted by Gasteiger charge is 2.11. The second-order valence-corrected chi connectivity index (χ2v) is 4.86. The molecule has 7 heteroatoms. The zero-order valence-corrected chi connectivity index (χ0v) is 12.0. The second kappa shape index (κ2) is 5.79. The lowest BCUT2D eigenvalue weighted by Gasteiger charge is -2.06. The average Bonchev–Trinajstić information content (AvgIpc) is 2.38. The van der Waals surface area contributed by atoms with Gasteiger partial charge in [-0.3, -0.25) is 14.9 Å². The summed E-state index contributed by atoms with van der Waals surface area (Å²) in [6.45, 7) is 1.43. The fraction of sp³-hybridized carbons (Fsp3) is 0.0769. The first-order chi connectivity index (χ1) is 9.45. The number of carbonyl (C=O) groups is 1. The van der Waals surface area contributed by atoms with Crippen LogP contribution in [0.15, 0.2) is 41.0 Å². The number of ether oxygens (including phenoxy) is 1. The van der Waals surface area contributed by atoms with Gasteiger partial charge in [0.1, 0.15) is 5.75 Å². The van der Waals surface area contributed by atoms with E-state index in [9.17, 15) is 14.9 Å². The number of halogens is 1. The number of hydrogen-bond donors (Lipinski definition) is 0. The van der Waals surface area contributed by atoms with Gasteiger partial charge < -0.3 is 4.74 Å². The molecule has 0 aliphatic heterocycles. The van der Waals surface area contributed by atoms with Gasteiger partial charge in [0.25, 0.3) is 5.69 Å². The number of carbonyl (C=O) groups excluding carboxylic acids is 1. The minimum absolute atomic E-state index is 0.0999. The van der Waals surface area contributed by atoms with E-state index < -0.39 is 4.92 Å². The second-order valence-electron chi connectivity index (χ2n) is 3.94. The molecule has 0 unspecified atom stereocenters. The van der Waals surface area contributed by atoms with E-state index in [1.807, 2.05) is 0 Å². The van der Waals surface area contributed by atoms with Crippen molar-refractivity contribution in [3.8, 4) is 11.6 Å². The number of pyridine rings is 1. The molecule has 0 aliphatic carbocycles. The van der Waals surface area contributed by atoms with Crippen molar-refractivity contribution in [2.45, 2.75) is 6.92 Å². The van der Waals surface area contributed by atoms with Crippen molar-refractivity contribution < 1.29 is 14.5 Å². The van der Waals surface area contributed by atoms with Crippen molar-refractivity contribution in [1.82, 2.24) is 4.98 Å². The van der Waals surface area contributed by atoms with Gasteiger partial charge in [0, 0.05) is 28.4 Å². The minimum atomic E-state index is -0.517. The van der Waals surface area contributed by atoms with E-state index in [-0.39, 0.29) is 23.1 Å². The molecular formula is C13H9BrN2O4. The Morgan fingerprint density at radius 2 is 2.10 bits per heavy atom. The molecule has 0 atom stereocenters.